The number of phenols is 1. The van der Waals surface area contributed by atoms with E-state index >= 15 is 0 Å². The molecule has 0 atom stereocenters. The molecule has 0 saturated heterocycles. The van der Waals surface area contributed by atoms with Crippen molar-refractivity contribution in [2.45, 2.75) is 6.16 Å². The first-order chi connectivity index (χ1) is 13.6. The van der Waals surface area contributed by atoms with E-state index in [2.05, 4.69) is 88.3 Å². The van der Waals surface area contributed by atoms with Crippen molar-refractivity contribution in [3.05, 3.63) is 121 Å². The molecule has 0 saturated carbocycles. The maximum atomic E-state index is 10.6. The number of para-hydroxylation sites is 1. The molecule has 0 bridgehead atoms. The van der Waals surface area contributed by atoms with E-state index in [1.165, 1.54) is 15.9 Å². The van der Waals surface area contributed by atoms with Gasteiger partial charge in [-0.2, -0.15) is 0 Å². The normalized spacial score (nSPS) is 12.8. The van der Waals surface area contributed by atoms with Crippen LogP contribution in [0.15, 0.2) is 115 Å². The molecule has 28 heavy (non-hydrogen) atoms. The summed E-state index contributed by atoms with van der Waals surface area (Å²) in [5.41, 5.74) is 0.939. The summed E-state index contributed by atoms with van der Waals surface area (Å²) in [7, 11) is 0. The number of halogens is 1. The zero-order valence-corrected chi connectivity index (χ0v) is 17.9. The number of hydrogen-bond acceptors (Lipinski definition) is 1. The quantitative estimate of drug-likeness (QED) is 0.386. The first-order valence-electron chi connectivity index (χ1n) is 9.29. The van der Waals surface area contributed by atoms with Gasteiger partial charge in [-0.05, 0) is 0 Å². The minimum atomic E-state index is -3.06. The standard InChI is InChI=1S/C25H22BrOP/c26-28(22-13-4-1-5-14-22,23-15-6-2-7-16-23,24-17-8-3-9-18-24)20-21-12-10-11-19-25(21)27/h1-19,27H,20H2. The Morgan fingerprint density at radius 2 is 0.893 bits per heavy atom. The molecule has 0 aliphatic heterocycles. The molecule has 4 aromatic rings. The molecule has 140 valence electrons. The number of hydrogen-bond donors (Lipinski definition) is 1. The number of phenolic OH excluding ortho intramolecular Hbond substituents is 1. The molecule has 4 aromatic carbocycles. The third-order valence-corrected chi connectivity index (χ3v) is 14.8. The van der Waals surface area contributed by atoms with Crippen LogP contribution in [0, 0.1) is 0 Å². The summed E-state index contributed by atoms with van der Waals surface area (Å²) < 4.78 is 0. The van der Waals surface area contributed by atoms with Gasteiger partial charge in [0.25, 0.3) is 0 Å². The summed E-state index contributed by atoms with van der Waals surface area (Å²) in [6.07, 6.45) is 0.691. The Morgan fingerprint density at radius 3 is 1.29 bits per heavy atom. The van der Waals surface area contributed by atoms with Crippen molar-refractivity contribution in [2.75, 3.05) is 0 Å². The molecule has 0 aliphatic rings. The van der Waals surface area contributed by atoms with E-state index in [-0.39, 0.29) is 0 Å². The summed E-state index contributed by atoms with van der Waals surface area (Å²) in [4.78, 5) is 0. The van der Waals surface area contributed by atoms with E-state index in [0.717, 1.165) is 5.56 Å². The predicted molar refractivity (Wildman–Crippen MR) is 126 cm³/mol. The molecule has 0 unspecified atom stereocenters. The topological polar surface area (TPSA) is 20.2 Å². The molecule has 1 nitrogen and oxygen atoms in total. The Morgan fingerprint density at radius 1 is 0.536 bits per heavy atom. The van der Waals surface area contributed by atoms with Crippen molar-refractivity contribution in [3.63, 3.8) is 0 Å². The molecule has 1 N–H and O–H groups in total. The van der Waals surface area contributed by atoms with E-state index in [0.29, 0.717) is 11.9 Å². The van der Waals surface area contributed by atoms with Crippen molar-refractivity contribution in [2.24, 2.45) is 0 Å². The Kier molecular flexibility index (Phi) is 5.10. The van der Waals surface area contributed by atoms with Gasteiger partial charge in [-0.1, -0.05) is 0 Å². The first-order valence-corrected chi connectivity index (χ1v) is 13.7. The fraction of sp³-hybridized carbons (Fsp3) is 0.0400. The van der Waals surface area contributed by atoms with Gasteiger partial charge < -0.3 is 0 Å². The van der Waals surface area contributed by atoms with Crippen LogP contribution in [0.5, 0.6) is 5.75 Å². The van der Waals surface area contributed by atoms with Crippen molar-refractivity contribution in [1.29, 1.82) is 0 Å². The minimum absolute atomic E-state index is 0.332. The Balaban J connectivity index is 2.11. The van der Waals surface area contributed by atoms with Gasteiger partial charge in [-0.15, -0.1) is 0 Å². The van der Waals surface area contributed by atoms with Crippen molar-refractivity contribution < 1.29 is 5.11 Å². The Labute approximate surface area is 174 Å². The van der Waals surface area contributed by atoms with Gasteiger partial charge in [0.15, 0.2) is 0 Å². The summed E-state index contributed by atoms with van der Waals surface area (Å²) >= 11 is 4.41. The van der Waals surface area contributed by atoms with Gasteiger partial charge >= 0.3 is 175 Å². The first kappa shape index (κ1) is 18.9. The second-order valence-electron chi connectivity index (χ2n) is 6.98. The van der Waals surface area contributed by atoms with Gasteiger partial charge in [-0.3, -0.25) is 0 Å². The van der Waals surface area contributed by atoms with Crippen LogP contribution >= 0.6 is 20.8 Å². The molecular weight excluding hydrogens is 427 g/mol. The van der Waals surface area contributed by atoms with Crippen molar-refractivity contribution >= 4 is 36.7 Å². The summed E-state index contributed by atoms with van der Waals surface area (Å²) in [5, 5.41) is 11.3. The van der Waals surface area contributed by atoms with Crippen LogP contribution in [-0.2, 0) is 6.16 Å². The Bertz CT molecular complexity index is 966. The molecule has 0 fully saturated rings. The van der Waals surface area contributed by atoms with E-state index in [1.807, 2.05) is 36.4 Å². The second-order valence-corrected chi connectivity index (χ2v) is 15.9. The maximum absolute atomic E-state index is 10.6. The number of rotatable bonds is 5. The van der Waals surface area contributed by atoms with Gasteiger partial charge in [0.2, 0.25) is 0 Å². The van der Waals surface area contributed by atoms with E-state index in [1.54, 1.807) is 6.07 Å². The summed E-state index contributed by atoms with van der Waals surface area (Å²) in [6, 6.07) is 39.6. The fourth-order valence-electron chi connectivity index (χ4n) is 3.90. The zero-order chi connectivity index (χ0) is 19.5. The van der Waals surface area contributed by atoms with Gasteiger partial charge in [0, 0.05) is 0 Å². The predicted octanol–water partition coefficient (Wildman–Crippen LogP) is 5.73. The molecule has 3 heteroatoms. The van der Waals surface area contributed by atoms with Crippen LogP contribution in [0.3, 0.4) is 0 Å². The molecule has 0 aromatic heterocycles. The number of aromatic hydroxyl groups is 1. The second kappa shape index (κ2) is 7.54. The van der Waals surface area contributed by atoms with E-state index in [4.69, 9.17) is 0 Å². The zero-order valence-electron chi connectivity index (χ0n) is 15.4. The average molecular weight is 449 g/mol. The van der Waals surface area contributed by atoms with Crippen LogP contribution in [0.1, 0.15) is 5.56 Å². The number of benzene rings is 4. The van der Waals surface area contributed by atoms with Crippen LogP contribution in [0.2, 0.25) is 0 Å². The fourth-order valence-corrected chi connectivity index (χ4v) is 11.6. The van der Waals surface area contributed by atoms with Gasteiger partial charge in [0.1, 0.15) is 0 Å². The molecule has 0 aliphatic carbocycles. The van der Waals surface area contributed by atoms with Crippen LogP contribution in [-0.4, -0.2) is 5.11 Å². The third kappa shape index (κ3) is 3.07. The summed E-state index contributed by atoms with van der Waals surface area (Å²) in [5.74, 6) is 0.332. The van der Waals surface area contributed by atoms with E-state index in [9.17, 15) is 5.11 Å². The van der Waals surface area contributed by atoms with E-state index < -0.39 is 5.31 Å². The van der Waals surface area contributed by atoms with Crippen molar-refractivity contribution in [3.8, 4) is 5.75 Å². The van der Waals surface area contributed by atoms with Gasteiger partial charge in [-0.25, -0.2) is 0 Å². The molecule has 0 spiro atoms. The van der Waals surface area contributed by atoms with Gasteiger partial charge in [0.05, 0.1) is 0 Å². The van der Waals surface area contributed by atoms with Crippen LogP contribution < -0.4 is 15.9 Å². The molecule has 4 rings (SSSR count). The van der Waals surface area contributed by atoms with Crippen molar-refractivity contribution in [1.82, 2.24) is 0 Å². The third-order valence-electron chi connectivity index (χ3n) is 5.34. The monoisotopic (exact) mass is 448 g/mol. The molecule has 0 heterocycles. The Hall–Kier alpha value is -2.41. The summed E-state index contributed by atoms with van der Waals surface area (Å²) in [6.45, 7) is 0. The SMILES string of the molecule is Oc1ccccc1CP(Br)(c1ccccc1)(c1ccccc1)c1ccccc1. The van der Waals surface area contributed by atoms with Crippen LogP contribution in [0.4, 0.5) is 0 Å². The molecule has 0 amide bonds. The average Bonchev–Trinajstić information content (AvgIpc) is 2.77. The molecular formula is C25H22BrOP. The molecule has 0 radical (unpaired) electrons. The van der Waals surface area contributed by atoms with Crippen LogP contribution in [0.25, 0.3) is 0 Å².